The van der Waals surface area contributed by atoms with Crippen LogP contribution in [0.25, 0.3) is 16.6 Å². The standard InChI is InChI=1S/C13H13N5/c1-9-3-4-14-6-10(5-9)12-11-7-15-8-16-13(11)18(2)17-12/h3-4,6-8H,5H2,1-2H3. The van der Waals surface area contributed by atoms with Crippen LogP contribution in [0.1, 0.15) is 19.0 Å². The third-order valence-corrected chi connectivity index (χ3v) is 2.95. The molecule has 0 saturated heterocycles. The number of fused-ring (bicyclic) bond motifs is 1. The molecule has 0 amide bonds. The zero-order valence-corrected chi connectivity index (χ0v) is 10.3. The smallest absolute Gasteiger partial charge is 0.161 e. The van der Waals surface area contributed by atoms with E-state index in [0.29, 0.717) is 0 Å². The lowest BCUT2D eigenvalue weighted by Gasteiger charge is -2.02. The van der Waals surface area contributed by atoms with Gasteiger partial charge in [0.1, 0.15) is 12.0 Å². The highest BCUT2D eigenvalue weighted by atomic mass is 15.3. The Morgan fingerprint density at radius 2 is 2.22 bits per heavy atom. The minimum absolute atomic E-state index is 0.843. The normalized spacial score (nSPS) is 15.4. The fraction of sp³-hybridized carbons (Fsp3) is 0.231. The van der Waals surface area contributed by atoms with Crippen LogP contribution in [-0.4, -0.2) is 26.0 Å². The summed E-state index contributed by atoms with van der Waals surface area (Å²) in [5, 5.41) is 5.50. The van der Waals surface area contributed by atoms with Crippen LogP contribution in [0.4, 0.5) is 0 Å². The van der Waals surface area contributed by atoms with Crippen molar-refractivity contribution in [1.29, 1.82) is 0 Å². The zero-order valence-electron chi connectivity index (χ0n) is 10.3. The van der Waals surface area contributed by atoms with E-state index in [-0.39, 0.29) is 0 Å². The maximum Gasteiger partial charge on any atom is 0.161 e. The number of nitrogens with zero attached hydrogens (tertiary/aromatic N) is 5. The zero-order chi connectivity index (χ0) is 12.5. The van der Waals surface area contributed by atoms with Crippen molar-refractivity contribution < 1.29 is 0 Å². The van der Waals surface area contributed by atoms with Gasteiger partial charge in [-0.1, -0.05) is 5.57 Å². The largest absolute Gasteiger partial charge is 0.264 e. The Labute approximate surface area is 105 Å². The molecular weight excluding hydrogens is 226 g/mol. The van der Waals surface area contributed by atoms with E-state index in [4.69, 9.17) is 0 Å². The second-order valence-corrected chi connectivity index (χ2v) is 4.37. The number of hydrogen-bond acceptors (Lipinski definition) is 4. The van der Waals surface area contributed by atoms with Crippen molar-refractivity contribution >= 4 is 22.8 Å². The van der Waals surface area contributed by atoms with Crippen LogP contribution in [0.2, 0.25) is 0 Å². The van der Waals surface area contributed by atoms with Crippen molar-refractivity contribution in [1.82, 2.24) is 19.7 Å². The molecule has 3 heterocycles. The van der Waals surface area contributed by atoms with Crippen LogP contribution in [0.3, 0.4) is 0 Å². The van der Waals surface area contributed by atoms with Crippen LogP contribution >= 0.6 is 0 Å². The minimum Gasteiger partial charge on any atom is -0.264 e. The molecule has 0 spiro atoms. The molecule has 18 heavy (non-hydrogen) atoms. The Balaban J connectivity index is 2.18. The average molecular weight is 239 g/mol. The lowest BCUT2D eigenvalue weighted by molar-refractivity contribution is 0.779. The molecular formula is C13H13N5. The molecule has 2 aromatic heterocycles. The number of aryl methyl sites for hydroxylation is 1. The van der Waals surface area contributed by atoms with Crippen LogP contribution in [-0.2, 0) is 7.05 Å². The molecule has 0 atom stereocenters. The van der Waals surface area contributed by atoms with E-state index in [9.17, 15) is 0 Å². The second-order valence-electron chi connectivity index (χ2n) is 4.37. The topological polar surface area (TPSA) is 56.0 Å². The molecule has 5 nitrogen and oxygen atoms in total. The lowest BCUT2D eigenvalue weighted by Crippen LogP contribution is -1.93. The van der Waals surface area contributed by atoms with Crippen molar-refractivity contribution in [2.75, 3.05) is 0 Å². The molecule has 0 unspecified atom stereocenters. The number of allylic oxidation sites excluding steroid dienone is 3. The van der Waals surface area contributed by atoms with Crippen molar-refractivity contribution in [3.8, 4) is 0 Å². The van der Waals surface area contributed by atoms with Gasteiger partial charge >= 0.3 is 0 Å². The lowest BCUT2D eigenvalue weighted by atomic mass is 10.0. The Morgan fingerprint density at radius 3 is 3.11 bits per heavy atom. The quantitative estimate of drug-likeness (QED) is 0.766. The Hall–Kier alpha value is -2.30. The SMILES string of the molecule is CC1=CC=NC=C(c2nn(C)c3ncncc23)C1. The first kappa shape index (κ1) is 10.8. The predicted octanol–water partition coefficient (Wildman–Crippen LogP) is 2.12. The maximum absolute atomic E-state index is 4.53. The van der Waals surface area contributed by atoms with Crippen LogP contribution in [0, 0.1) is 0 Å². The number of aliphatic imine (C=N–C) groups is 1. The van der Waals surface area contributed by atoms with E-state index in [1.807, 2.05) is 25.5 Å². The Kier molecular flexibility index (Phi) is 2.51. The maximum atomic E-state index is 4.53. The first-order chi connectivity index (χ1) is 8.75. The summed E-state index contributed by atoms with van der Waals surface area (Å²) in [4.78, 5) is 12.6. The van der Waals surface area contributed by atoms with Crippen molar-refractivity contribution in [3.05, 3.63) is 36.1 Å². The van der Waals surface area contributed by atoms with E-state index in [1.54, 1.807) is 17.2 Å². The van der Waals surface area contributed by atoms with Gasteiger partial charge in [-0.05, 0) is 19.4 Å². The third-order valence-electron chi connectivity index (χ3n) is 2.95. The van der Waals surface area contributed by atoms with E-state index in [2.05, 4.69) is 27.0 Å². The molecule has 0 bridgehead atoms. The summed E-state index contributed by atoms with van der Waals surface area (Å²) in [6.07, 6.45) is 9.88. The van der Waals surface area contributed by atoms with Crippen molar-refractivity contribution in [2.24, 2.45) is 12.0 Å². The molecule has 0 N–H and O–H groups in total. The minimum atomic E-state index is 0.843. The van der Waals surface area contributed by atoms with Gasteiger partial charge in [-0.25, -0.2) is 14.6 Å². The molecule has 3 rings (SSSR count). The molecule has 5 heteroatoms. The van der Waals surface area contributed by atoms with Gasteiger partial charge in [0.15, 0.2) is 5.65 Å². The molecule has 1 aliphatic heterocycles. The summed E-state index contributed by atoms with van der Waals surface area (Å²) in [6.45, 7) is 2.09. The van der Waals surface area contributed by atoms with E-state index in [0.717, 1.165) is 28.7 Å². The summed E-state index contributed by atoms with van der Waals surface area (Å²) in [7, 11) is 1.89. The second kappa shape index (κ2) is 4.18. The Morgan fingerprint density at radius 1 is 1.33 bits per heavy atom. The number of aromatic nitrogens is 4. The number of hydrogen-bond donors (Lipinski definition) is 0. The van der Waals surface area contributed by atoms with Crippen LogP contribution < -0.4 is 0 Å². The van der Waals surface area contributed by atoms with Gasteiger partial charge in [0, 0.05) is 31.2 Å². The summed E-state index contributed by atoms with van der Waals surface area (Å²) in [6, 6.07) is 0. The highest BCUT2D eigenvalue weighted by Crippen LogP contribution is 2.27. The van der Waals surface area contributed by atoms with Gasteiger partial charge in [-0.3, -0.25) is 4.99 Å². The summed E-state index contributed by atoms with van der Waals surface area (Å²) in [5.41, 5.74) is 4.12. The monoisotopic (exact) mass is 239 g/mol. The van der Waals surface area contributed by atoms with Gasteiger partial charge in [0.2, 0.25) is 0 Å². The van der Waals surface area contributed by atoms with E-state index >= 15 is 0 Å². The number of rotatable bonds is 1. The summed E-state index contributed by atoms with van der Waals surface area (Å²) in [5.74, 6) is 0. The van der Waals surface area contributed by atoms with Gasteiger partial charge in [-0.15, -0.1) is 0 Å². The fourth-order valence-electron chi connectivity index (χ4n) is 2.09. The molecule has 0 radical (unpaired) electrons. The first-order valence-corrected chi connectivity index (χ1v) is 5.77. The molecule has 0 saturated carbocycles. The molecule has 1 aliphatic rings. The first-order valence-electron chi connectivity index (χ1n) is 5.77. The van der Waals surface area contributed by atoms with Gasteiger partial charge in [0.05, 0.1) is 5.39 Å². The van der Waals surface area contributed by atoms with Crippen molar-refractivity contribution in [2.45, 2.75) is 13.3 Å². The molecule has 90 valence electrons. The summed E-state index contributed by atoms with van der Waals surface area (Å²) >= 11 is 0. The average Bonchev–Trinajstić information content (AvgIpc) is 2.57. The van der Waals surface area contributed by atoms with Crippen LogP contribution in [0.15, 0.2) is 35.4 Å². The fourth-order valence-corrected chi connectivity index (χ4v) is 2.09. The van der Waals surface area contributed by atoms with Crippen LogP contribution in [0.5, 0.6) is 0 Å². The van der Waals surface area contributed by atoms with Gasteiger partial charge in [0.25, 0.3) is 0 Å². The highest BCUT2D eigenvalue weighted by Gasteiger charge is 2.14. The van der Waals surface area contributed by atoms with E-state index in [1.165, 1.54) is 5.57 Å². The molecule has 0 aromatic carbocycles. The van der Waals surface area contributed by atoms with Crippen molar-refractivity contribution in [3.63, 3.8) is 0 Å². The molecule has 0 aliphatic carbocycles. The molecule has 2 aromatic rings. The van der Waals surface area contributed by atoms with E-state index < -0.39 is 0 Å². The third kappa shape index (κ3) is 1.73. The highest BCUT2D eigenvalue weighted by molar-refractivity contribution is 5.89. The molecule has 0 fully saturated rings. The predicted molar refractivity (Wildman–Crippen MR) is 71.1 cm³/mol. The van der Waals surface area contributed by atoms with Gasteiger partial charge in [-0.2, -0.15) is 5.10 Å². The summed E-state index contributed by atoms with van der Waals surface area (Å²) < 4.78 is 1.78. The van der Waals surface area contributed by atoms with Gasteiger partial charge < -0.3 is 0 Å². The Bertz CT molecular complexity index is 690.